The highest BCUT2D eigenvalue weighted by Crippen LogP contribution is 2.41. The summed E-state index contributed by atoms with van der Waals surface area (Å²) >= 11 is 0. The quantitative estimate of drug-likeness (QED) is 0.838. The Hall–Kier alpha value is -2.54. The molecule has 132 valence electrons. The molecule has 0 bridgehead atoms. The van der Waals surface area contributed by atoms with Gasteiger partial charge in [0.2, 0.25) is 0 Å². The monoisotopic (exact) mass is 338 g/mol. The number of carboxylic acids is 1. The van der Waals surface area contributed by atoms with Crippen molar-refractivity contribution in [2.24, 2.45) is 5.41 Å². The maximum Gasteiger partial charge on any atom is 0.334 e. The van der Waals surface area contributed by atoms with Crippen LogP contribution in [0.3, 0.4) is 0 Å². The van der Waals surface area contributed by atoms with Crippen molar-refractivity contribution in [3.05, 3.63) is 57.9 Å². The Morgan fingerprint density at radius 1 is 1.24 bits per heavy atom. The largest absolute Gasteiger partial charge is 0.478 e. The topological polar surface area (TPSA) is 73.1 Å². The van der Waals surface area contributed by atoms with Crippen molar-refractivity contribution in [2.75, 3.05) is 0 Å². The summed E-state index contributed by atoms with van der Waals surface area (Å²) < 4.78 is 0. The van der Waals surface area contributed by atoms with Gasteiger partial charge in [-0.3, -0.25) is 0 Å². The minimum absolute atomic E-state index is 0.0121. The predicted molar refractivity (Wildman–Crippen MR) is 98.7 cm³/mol. The van der Waals surface area contributed by atoms with Crippen LogP contribution in [0, 0.1) is 23.7 Å². The van der Waals surface area contributed by atoms with Gasteiger partial charge in [0.15, 0.2) is 0 Å². The van der Waals surface area contributed by atoms with Crippen LogP contribution in [-0.2, 0) is 4.79 Å². The molecule has 0 aliphatic carbocycles. The zero-order valence-electron chi connectivity index (χ0n) is 15.6. The molecule has 0 aromatic heterocycles. The zero-order chi connectivity index (χ0) is 18.8. The molecule has 1 aliphatic rings. The SMILES string of the molecule is CCC1=C(C(=O)O)C(c2ccc(C)cc2)C(C#N)=C(CC(C)(C)C)N1. The molecule has 0 amide bonds. The van der Waals surface area contributed by atoms with Crippen molar-refractivity contribution >= 4 is 5.97 Å². The number of allylic oxidation sites excluding steroid dienone is 3. The minimum Gasteiger partial charge on any atom is -0.478 e. The molecule has 25 heavy (non-hydrogen) atoms. The van der Waals surface area contributed by atoms with E-state index in [0.717, 1.165) is 16.8 Å². The number of aryl methyl sites for hydroxylation is 1. The number of dihydropyridines is 1. The first-order valence-electron chi connectivity index (χ1n) is 8.61. The van der Waals surface area contributed by atoms with Gasteiger partial charge in [0, 0.05) is 11.4 Å². The lowest BCUT2D eigenvalue weighted by Gasteiger charge is -2.32. The van der Waals surface area contributed by atoms with Crippen LogP contribution in [0.15, 0.2) is 46.8 Å². The molecule has 1 aromatic carbocycles. The number of benzene rings is 1. The van der Waals surface area contributed by atoms with E-state index in [1.54, 1.807) is 0 Å². The molecule has 4 heteroatoms. The molecular weight excluding hydrogens is 312 g/mol. The van der Waals surface area contributed by atoms with E-state index in [-0.39, 0.29) is 11.0 Å². The second-order valence-corrected chi connectivity index (χ2v) is 7.76. The summed E-state index contributed by atoms with van der Waals surface area (Å²) in [6.07, 6.45) is 1.27. The molecule has 1 atom stereocenters. The van der Waals surface area contributed by atoms with Crippen LogP contribution < -0.4 is 5.32 Å². The minimum atomic E-state index is -0.975. The lowest BCUT2D eigenvalue weighted by atomic mass is 9.77. The summed E-state index contributed by atoms with van der Waals surface area (Å²) in [5.41, 5.74) is 4.25. The Labute approximate surface area is 149 Å². The summed E-state index contributed by atoms with van der Waals surface area (Å²) in [6, 6.07) is 10.1. The summed E-state index contributed by atoms with van der Waals surface area (Å²) in [5, 5.41) is 22.9. The average Bonchev–Trinajstić information content (AvgIpc) is 2.52. The van der Waals surface area contributed by atoms with Gasteiger partial charge < -0.3 is 10.4 Å². The molecule has 2 rings (SSSR count). The van der Waals surface area contributed by atoms with Crippen LogP contribution >= 0.6 is 0 Å². The third-order valence-electron chi connectivity index (χ3n) is 4.35. The van der Waals surface area contributed by atoms with Gasteiger partial charge in [0.25, 0.3) is 0 Å². The highest BCUT2D eigenvalue weighted by atomic mass is 16.4. The number of nitrogens with zero attached hydrogens (tertiary/aromatic N) is 1. The number of aliphatic carboxylic acids is 1. The Balaban J connectivity index is 2.69. The molecule has 1 heterocycles. The fraction of sp³-hybridized carbons (Fsp3) is 0.429. The van der Waals surface area contributed by atoms with E-state index in [2.05, 4.69) is 32.2 Å². The van der Waals surface area contributed by atoms with Crippen LogP contribution in [0.25, 0.3) is 0 Å². The standard InChI is InChI=1S/C21H26N2O2/c1-6-16-19(20(24)25)18(14-9-7-13(2)8-10-14)15(12-22)17(23-16)11-21(3,4)5/h7-10,18,23H,6,11H2,1-5H3,(H,24,25). The number of rotatable bonds is 4. The van der Waals surface area contributed by atoms with Gasteiger partial charge in [0.05, 0.1) is 23.1 Å². The molecule has 2 N–H and O–H groups in total. The van der Waals surface area contributed by atoms with Crippen molar-refractivity contribution in [1.29, 1.82) is 5.26 Å². The Morgan fingerprint density at radius 3 is 2.28 bits per heavy atom. The average molecular weight is 338 g/mol. The van der Waals surface area contributed by atoms with Crippen LogP contribution in [-0.4, -0.2) is 11.1 Å². The smallest absolute Gasteiger partial charge is 0.334 e. The van der Waals surface area contributed by atoms with Crippen LogP contribution in [0.1, 0.15) is 57.6 Å². The maximum absolute atomic E-state index is 12.0. The van der Waals surface area contributed by atoms with Crippen molar-refractivity contribution in [1.82, 2.24) is 5.32 Å². The second kappa shape index (κ2) is 7.14. The predicted octanol–water partition coefficient (Wildman–Crippen LogP) is 4.64. The normalized spacial score (nSPS) is 18.0. The first-order chi connectivity index (χ1) is 11.7. The van der Waals surface area contributed by atoms with Crippen LogP contribution in [0.5, 0.6) is 0 Å². The number of nitrogens with one attached hydrogen (secondary N) is 1. The van der Waals surface area contributed by atoms with Crippen LogP contribution in [0.4, 0.5) is 0 Å². The van der Waals surface area contributed by atoms with Crippen molar-refractivity contribution in [2.45, 2.75) is 53.4 Å². The fourth-order valence-electron chi connectivity index (χ4n) is 3.24. The van der Waals surface area contributed by atoms with E-state index >= 15 is 0 Å². The van der Waals surface area contributed by atoms with Crippen LogP contribution in [0.2, 0.25) is 0 Å². The molecule has 0 saturated heterocycles. The molecule has 1 aliphatic heterocycles. The maximum atomic E-state index is 12.0. The third-order valence-corrected chi connectivity index (χ3v) is 4.35. The van der Waals surface area contributed by atoms with E-state index in [0.29, 0.717) is 24.1 Å². The molecule has 1 unspecified atom stereocenters. The molecule has 4 nitrogen and oxygen atoms in total. The first-order valence-corrected chi connectivity index (χ1v) is 8.61. The summed E-state index contributed by atoms with van der Waals surface area (Å²) in [4.78, 5) is 12.0. The van der Waals surface area contributed by atoms with Gasteiger partial charge >= 0.3 is 5.97 Å². The Morgan fingerprint density at radius 2 is 1.84 bits per heavy atom. The molecule has 0 spiro atoms. The number of carboxylic acid groups (broad SMARTS) is 1. The molecule has 0 radical (unpaired) electrons. The number of nitriles is 1. The van der Waals surface area contributed by atoms with Gasteiger partial charge in [-0.25, -0.2) is 4.79 Å². The highest BCUT2D eigenvalue weighted by molar-refractivity contribution is 5.91. The summed E-state index contributed by atoms with van der Waals surface area (Å²) in [6.45, 7) is 10.3. The molecular formula is C21H26N2O2. The fourth-order valence-corrected chi connectivity index (χ4v) is 3.24. The number of carbonyl (C=O) groups is 1. The van der Waals surface area contributed by atoms with E-state index in [4.69, 9.17) is 0 Å². The summed E-state index contributed by atoms with van der Waals surface area (Å²) in [7, 11) is 0. The van der Waals surface area contributed by atoms with Gasteiger partial charge in [-0.05, 0) is 30.7 Å². The van der Waals surface area contributed by atoms with Crippen molar-refractivity contribution in [3.8, 4) is 6.07 Å². The van der Waals surface area contributed by atoms with E-state index < -0.39 is 11.9 Å². The van der Waals surface area contributed by atoms with Gasteiger partial charge in [-0.1, -0.05) is 57.5 Å². The Kier molecular flexibility index (Phi) is 5.37. The van der Waals surface area contributed by atoms with Gasteiger partial charge in [-0.2, -0.15) is 5.26 Å². The van der Waals surface area contributed by atoms with E-state index in [9.17, 15) is 15.2 Å². The lowest BCUT2D eigenvalue weighted by molar-refractivity contribution is -0.133. The van der Waals surface area contributed by atoms with Crippen molar-refractivity contribution in [3.63, 3.8) is 0 Å². The number of hydrogen-bond acceptors (Lipinski definition) is 3. The summed E-state index contributed by atoms with van der Waals surface area (Å²) in [5.74, 6) is -1.51. The molecule has 0 saturated carbocycles. The lowest BCUT2D eigenvalue weighted by Crippen LogP contribution is -2.31. The molecule has 1 aromatic rings. The highest BCUT2D eigenvalue weighted by Gasteiger charge is 2.35. The molecule has 0 fully saturated rings. The second-order valence-electron chi connectivity index (χ2n) is 7.76. The number of hydrogen-bond donors (Lipinski definition) is 2. The van der Waals surface area contributed by atoms with E-state index in [1.165, 1.54) is 0 Å². The first kappa shape index (κ1) is 18.8. The van der Waals surface area contributed by atoms with E-state index in [1.807, 2.05) is 38.1 Å². The van der Waals surface area contributed by atoms with Crippen molar-refractivity contribution < 1.29 is 9.90 Å². The zero-order valence-corrected chi connectivity index (χ0v) is 15.6. The Bertz CT molecular complexity index is 772. The van der Waals surface area contributed by atoms with Gasteiger partial charge in [0.1, 0.15) is 0 Å². The van der Waals surface area contributed by atoms with Gasteiger partial charge in [-0.15, -0.1) is 0 Å². The third kappa shape index (κ3) is 4.11.